The highest BCUT2D eigenvalue weighted by Crippen LogP contribution is 2.14. The fourth-order valence-electron chi connectivity index (χ4n) is 6.96. The first-order chi connectivity index (χ1) is 34.8. The van der Waals surface area contributed by atoms with Crippen molar-refractivity contribution in [2.75, 3.05) is 19.7 Å². The first kappa shape index (κ1) is 64.4. The lowest BCUT2D eigenvalue weighted by molar-refractivity contribution is -0.142. The third-order valence-electron chi connectivity index (χ3n) is 12.0. The number of hydrogen-bond acceptors (Lipinski definition) is 13. The van der Waals surface area contributed by atoms with Gasteiger partial charge in [-0.15, -0.1) is 0 Å². The van der Waals surface area contributed by atoms with Gasteiger partial charge in [-0.3, -0.25) is 57.9 Å². The quantitative estimate of drug-likeness (QED) is 0.0177. The van der Waals surface area contributed by atoms with Gasteiger partial charge in [0.2, 0.25) is 53.2 Å². The first-order valence-corrected chi connectivity index (χ1v) is 24.5. The number of amides is 9. The zero-order valence-electron chi connectivity index (χ0n) is 43.3. The second-order valence-electron chi connectivity index (χ2n) is 18.1. The molecule has 0 fully saturated rings. The van der Waals surface area contributed by atoms with Gasteiger partial charge < -0.3 is 81.4 Å². The Morgan fingerprint density at radius 2 is 0.946 bits per heavy atom. The van der Waals surface area contributed by atoms with Crippen LogP contribution in [0.3, 0.4) is 0 Å². The van der Waals surface area contributed by atoms with Crippen LogP contribution in [0.4, 0.5) is 0 Å². The summed E-state index contributed by atoms with van der Waals surface area (Å²) in [6.07, 6.45) is 0.683. The van der Waals surface area contributed by atoms with E-state index in [1.807, 2.05) is 0 Å². The van der Waals surface area contributed by atoms with Crippen LogP contribution in [0, 0.1) is 17.8 Å². The SMILES string of the molecule is CC[C@H](C)[C@H](NC(=O)[C@H](Cc1ccccc1)NC(=O)[C@@H](NC(=O)[C@H](CC(=O)O)NC(=O)[C@H](C)NC(=O)[C@H](CO)NC(=O)[C@H](CCCN=C(N)N)NC(=O)[C@@H](C)CCCN=C(N)N)[C@@H](C)CC)C(=O)N[C@@H](C)C(N)=O. The number of carboxylic acids is 1. The molecule has 27 heteroatoms. The number of carboxylic acid groups (broad SMARTS) is 1. The minimum Gasteiger partial charge on any atom is -0.481 e. The van der Waals surface area contributed by atoms with Crippen molar-refractivity contribution in [2.45, 2.75) is 148 Å². The number of aliphatic hydroxyl groups excluding tert-OH is 1. The molecule has 0 aliphatic carbocycles. The maximum atomic E-state index is 14.2. The number of aliphatic carboxylic acids is 1. The van der Waals surface area contributed by atoms with Gasteiger partial charge >= 0.3 is 5.97 Å². The van der Waals surface area contributed by atoms with E-state index in [1.54, 1.807) is 65.0 Å². The van der Waals surface area contributed by atoms with Crippen molar-refractivity contribution < 1.29 is 58.2 Å². The van der Waals surface area contributed by atoms with Gasteiger partial charge in [0, 0.05) is 25.4 Å². The molecule has 0 radical (unpaired) electrons. The Bertz CT molecular complexity index is 2120. The predicted molar refractivity (Wildman–Crippen MR) is 273 cm³/mol. The third kappa shape index (κ3) is 23.8. The van der Waals surface area contributed by atoms with Gasteiger partial charge in [-0.25, -0.2) is 0 Å². The Morgan fingerprint density at radius 3 is 1.43 bits per heavy atom. The average Bonchev–Trinajstić information content (AvgIpc) is 3.34. The number of carbonyl (C=O) groups excluding carboxylic acids is 9. The second kappa shape index (κ2) is 33.2. The number of aliphatic hydroxyl groups is 1. The molecule has 74 heavy (non-hydrogen) atoms. The normalized spacial score (nSPS) is 15.4. The predicted octanol–water partition coefficient (Wildman–Crippen LogP) is -4.06. The molecule has 27 nitrogen and oxygen atoms in total. The molecule has 0 aliphatic heterocycles. The molecule has 0 unspecified atom stereocenters. The zero-order chi connectivity index (χ0) is 56.2. The number of carbonyl (C=O) groups is 10. The van der Waals surface area contributed by atoms with Gasteiger partial charge in [0.15, 0.2) is 11.9 Å². The molecule has 414 valence electrons. The highest BCUT2D eigenvalue weighted by molar-refractivity contribution is 5.99. The molecule has 1 aromatic rings. The van der Waals surface area contributed by atoms with E-state index in [4.69, 9.17) is 28.7 Å². The smallest absolute Gasteiger partial charge is 0.305 e. The van der Waals surface area contributed by atoms with Crippen LogP contribution in [0.1, 0.15) is 99.0 Å². The molecule has 1 aromatic carbocycles. The number of nitrogens with two attached hydrogens (primary N) is 5. The van der Waals surface area contributed by atoms with Gasteiger partial charge in [0.05, 0.1) is 13.0 Å². The molecule has 20 N–H and O–H groups in total. The van der Waals surface area contributed by atoms with Crippen molar-refractivity contribution in [3.63, 3.8) is 0 Å². The van der Waals surface area contributed by atoms with Crippen molar-refractivity contribution in [1.29, 1.82) is 0 Å². The number of aliphatic imine (C=N–C) groups is 2. The number of hydrogen-bond donors (Lipinski definition) is 15. The Morgan fingerprint density at radius 1 is 0.514 bits per heavy atom. The summed E-state index contributed by atoms with van der Waals surface area (Å²) in [6.45, 7) is 10.4. The molecule has 9 amide bonds. The number of primary amides is 1. The lowest BCUT2D eigenvalue weighted by Gasteiger charge is -2.30. The summed E-state index contributed by atoms with van der Waals surface area (Å²) in [4.78, 5) is 140. The zero-order valence-corrected chi connectivity index (χ0v) is 43.3. The van der Waals surface area contributed by atoms with Crippen molar-refractivity contribution in [3.8, 4) is 0 Å². The van der Waals surface area contributed by atoms with Crippen LogP contribution in [0.25, 0.3) is 0 Å². The molecule has 0 spiro atoms. The summed E-state index contributed by atoms with van der Waals surface area (Å²) >= 11 is 0. The van der Waals surface area contributed by atoms with Crippen LogP contribution in [0.5, 0.6) is 0 Å². The van der Waals surface area contributed by atoms with E-state index >= 15 is 0 Å². The fraction of sp³-hybridized carbons (Fsp3) is 0.617. The average molecular weight is 1050 g/mol. The molecule has 11 atom stereocenters. The van der Waals surface area contributed by atoms with Gasteiger partial charge in [-0.1, -0.05) is 77.8 Å². The maximum Gasteiger partial charge on any atom is 0.305 e. The van der Waals surface area contributed by atoms with Crippen LogP contribution in [0.15, 0.2) is 40.3 Å². The standard InChI is InChI=1S/C47H79N15O12/c1-8-24(3)35(44(73)55-27(6)37(48)66)61-41(70)31(21-29-16-11-10-12-17-29)59-45(74)36(25(4)9-2)62-42(71)32(22-34(64)65)58-39(68)28(7)56-43(72)33(23-63)60-40(69)30(18-14-20-54-47(51)52)57-38(67)26(5)15-13-19-53-46(49)50/h10-12,16-17,24-28,30-33,35-36,63H,8-9,13-15,18-23H2,1-7H3,(H2,48,66)(H,55,73)(H,56,72)(H,57,67)(H,58,68)(H,59,74)(H,60,69)(H,61,70)(H,62,71)(H,64,65)(H4,49,50,53)(H4,51,52,54)/t24-,25-,26-,27-,28-,30-,31-,32-,33-,35-,36-/m0/s1. The lowest BCUT2D eigenvalue weighted by Crippen LogP contribution is -2.62. The third-order valence-corrected chi connectivity index (χ3v) is 12.0. The molecule has 0 saturated heterocycles. The highest BCUT2D eigenvalue weighted by Gasteiger charge is 2.36. The van der Waals surface area contributed by atoms with E-state index in [-0.39, 0.29) is 50.7 Å². The summed E-state index contributed by atoms with van der Waals surface area (Å²) < 4.78 is 0. The van der Waals surface area contributed by atoms with Crippen LogP contribution in [-0.4, -0.2) is 149 Å². The minimum atomic E-state index is -1.83. The van der Waals surface area contributed by atoms with Gasteiger partial charge in [-0.05, 0) is 56.9 Å². The molecular formula is C47H79N15O12. The van der Waals surface area contributed by atoms with E-state index in [0.717, 1.165) is 0 Å². The van der Waals surface area contributed by atoms with Gasteiger partial charge in [0.1, 0.15) is 48.3 Å². The molecule has 0 saturated carbocycles. The topological polar surface area (TPSA) is 462 Å². The fourth-order valence-corrected chi connectivity index (χ4v) is 6.96. The van der Waals surface area contributed by atoms with E-state index < -0.39 is 138 Å². The molecule has 1 rings (SSSR count). The number of guanidine groups is 2. The Balaban J connectivity index is 3.31. The lowest BCUT2D eigenvalue weighted by atomic mass is 9.95. The Hall–Kier alpha value is -7.58. The number of nitrogens with zero attached hydrogens (tertiary/aromatic N) is 2. The van der Waals surface area contributed by atoms with Crippen LogP contribution in [-0.2, 0) is 54.4 Å². The highest BCUT2D eigenvalue weighted by atomic mass is 16.4. The van der Waals surface area contributed by atoms with E-state index in [2.05, 4.69) is 52.5 Å². The first-order valence-electron chi connectivity index (χ1n) is 24.5. The van der Waals surface area contributed by atoms with E-state index in [0.29, 0.717) is 24.8 Å². The van der Waals surface area contributed by atoms with Crippen LogP contribution >= 0.6 is 0 Å². The van der Waals surface area contributed by atoms with Crippen molar-refractivity contribution in [2.24, 2.45) is 56.4 Å². The molecule has 0 aromatic heterocycles. The largest absolute Gasteiger partial charge is 0.481 e. The van der Waals surface area contributed by atoms with Crippen molar-refractivity contribution in [3.05, 3.63) is 35.9 Å². The number of benzene rings is 1. The van der Waals surface area contributed by atoms with Crippen molar-refractivity contribution in [1.82, 2.24) is 42.5 Å². The summed E-state index contributed by atoms with van der Waals surface area (Å²) in [7, 11) is 0. The van der Waals surface area contributed by atoms with Gasteiger partial charge in [-0.2, -0.15) is 0 Å². The van der Waals surface area contributed by atoms with Crippen LogP contribution in [0.2, 0.25) is 0 Å². The summed E-state index contributed by atoms with van der Waals surface area (Å²) in [5, 5.41) is 39.8. The van der Waals surface area contributed by atoms with Gasteiger partial charge in [0.25, 0.3) is 0 Å². The van der Waals surface area contributed by atoms with Crippen LogP contribution < -0.4 is 71.2 Å². The molecular weight excluding hydrogens is 967 g/mol. The summed E-state index contributed by atoms with van der Waals surface area (Å²) in [6, 6.07) is -2.63. The Labute approximate surface area is 430 Å². The van der Waals surface area contributed by atoms with Crippen molar-refractivity contribution >= 4 is 71.1 Å². The maximum absolute atomic E-state index is 14.2. The molecule has 0 aliphatic rings. The summed E-state index contributed by atoms with van der Waals surface area (Å²) in [5.41, 5.74) is 27.5. The van der Waals surface area contributed by atoms with E-state index in [9.17, 15) is 58.2 Å². The Kier molecular flexibility index (Phi) is 28.9. The molecule has 0 heterocycles. The number of rotatable bonds is 34. The minimum absolute atomic E-state index is 0.00295. The molecule has 0 bridgehead atoms. The van der Waals surface area contributed by atoms with E-state index in [1.165, 1.54) is 13.8 Å². The second-order valence-corrected chi connectivity index (χ2v) is 18.1. The monoisotopic (exact) mass is 1050 g/mol. The summed E-state index contributed by atoms with van der Waals surface area (Å²) in [5.74, 6) is -11.3. The number of nitrogens with one attached hydrogen (secondary N) is 8.